The lowest BCUT2D eigenvalue weighted by molar-refractivity contribution is 0.125. The van der Waals surface area contributed by atoms with Gasteiger partial charge >= 0.3 is 0 Å². The van der Waals surface area contributed by atoms with Gasteiger partial charge in [0.25, 0.3) is 0 Å². The largest absolute Gasteiger partial charge is 0.497 e. The molecule has 1 unspecified atom stereocenters. The minimum Gasteiger partial charge on any atom is -0.497 e. The molecule has 1 atom stereocenters. The summed E-state index contributed by atoms with van der Waals surface area (Å²) in [7, 11) is 1.65. The number of methoxy groups -OCH3 is 1. The van der Waals surface area contributed by atoms with E-state index in [1.807, 2.05) is 30.3 Å². The smallest absolute Gasteiger partial charge is 0.118 e. The second-order valence-electron chi connectivity index (χ2n) is 3.86. The summed E-state index contributed by atoms with van der Waals surface area (Å²) in [4.78, 5) is 0. The van der Waals surface area contributed by atoms with Gasteiger partial charge < -0.3 is 14.6 Å². The summed E-state index contributed by atoms with van der Waals surface area (Å²) in [5, 5.41) is 9.00. The maximum absolute atomic E-state index is 9.00. The van der Waals surface area contributed by atoms with Crippen molar-refractivity contribution in [3.63, 3.8) is 0 Å². The fourth-order valence-electron chi connectivity index (χ4n) is 1.36. The van der Waals surface area contributed by atoms with Crippen LogP contribution in [0.15, 0.2) is 36.4 Å². The number of aliphatic hydroxyl groups excluding tert-OH is 1. The summed E-state index contributed by atoms with van der Waals surface area (Å²) in [6.45, 7) is 3.00. The van der Waals surface area contributed by atoms with Crippen LogP contribution in [0.1, 0.15) is 18.9 Å². The normalized spacial score (nSPS) is 12.9. The van der Waals surface area contributed by atoms with Gasteiger partial charge in [0.2, 0.25) is 0 Å². The van der Waals surface area contributed by atoms with E-state index < -0.39 is 0 Å². The van der Waals surface area contributed by atoms with Crippen molar-refractivity contribution in [2.45, 2.75) is 26.1 Å². The Labute approximate surface area is 103 Å². The molecule has 17 heavy (non-hydrogen) atoms. The van der Waals surface area contributed by atoms with Gasteiger partial charge in [0, 0.05) is 0 Å². The second kappa shape index (κ2) is 7.87. The van der Waals surface area contributed by atoms with Crippen LogP contribution in [0.3, 0.4) is 0 Å². The van der Waals surface area contributed by atoms with Crippen LogP contribution in [0.5, 0.6) is 5.75 Å². The van der Waals surface area contributed by atoms with Crippen molar-refractivity contribution < 1.29 is 14.6 Å². The van der Waals surface area contributed by atoms with E-state index in [1.54, 1.807) is 20.1 Å². The third kappa shape index (κ3) is 6.09. The third-order valence-electron chi connectivity index (χ3n) is 2.27. The molecule has 94 valence electrons. The van der Waals surface area contributed by atoms with Gasteiger partial charge in [-0.2, -0.15) is 0 Å². The van der Waals surface area contributed by atoms with E-state index in [9.17, 15) is 0 Å². The molecule has 0 bridgehead atoms. The first-order valence-corrected chi connectivity index (χ1v) is 5.78. The summed E-state index contributed by atoms with van der Waals surface area (Å²) in [6.07, 6.45) is 4.13. The van der Waals surface area contributed by atoms with Crippen LogP contribution in [-0.4, -0.2) is 24.9 Å². The van der Waals surface area contributed by atoms with E-state index in [0.717, 1.165) is 17.7 Å². The lowest BCUT2D eigenvalue weighted by Gasteiger charge is -2.04. The molecule has 0 aliphatic carbocycles. The van der Waals surface area contributed by atoms with Crippen LogP contribution in [0.4, 0.5) is 0 Å². The molecule has 1 N–H and O–H groups in total. The zero-order chi connectivity index (χ0) is 12.5. The topological polar surface area (TPSA) is 38.7 Å². The molecule has 1 aromatic rings. The first-order valence-electron chi connectivity index (χ1n) is 5.78. The number of hydrogen-bond donors (Lipinski definition) is 1. The highest BCUT2D eigenvalue weighted by Gasteiger charge is 1.94. The molecular weight excluding hydrogens is 216 g/mol. The number of rotatable bonds is 7. The van der Waals surface area contributed by atoms with Crippen LogP contribution >= 0.6 is 0 Å². The van der Waals surface area contributed by atoms with E-state index in [1.165, 1.54) is 0 Å². The van der Waals surface area contributed by atoms with Gasteiger partial charge in [-0.1, -0.05) is 24.3 Å². The van der Waals surface area contributed by atoms with Gasteiger partial charge in [0.15, 0.2) is 0 Å². The van der Waals surface area contributed by atoms with Gasteiger partial charge in [-0.25, -0.2) is 0 Å². The van der Waals surface area contributed by atoms with Crippen LogP contribution in [0, 0.1) is 0 Å². The molecule has 0 saturated carbocycles. The maximum atomic E-state index is 9.00. The van der Waals surface area contributed by atoms with E-state index in [2.05, 4.69) is 0 Å². The van der Waals surface area contributed by atoms with Gasteiger partial charge in [-0.3, -0.25) is 0 Å². The molecule has 1 rings (SSSR count). The highest BCUT2D eigenvalue weighted by atomic mass is 16.5. The lowest BCUT2D eigenvalue weighted by atomic mass is 10.2. The number of ether oxygens (including phenoxy) is 2. The number of benzene rings is 1. The molecule has 0 heterocycles. The Kier molecular flexibility index (Phi) is 6.37. The predicted molar refractivity (Wildman–Crippen MR) is 68.1 cm³/mol. The first-order chi connectivity index (χ1) is 8.22. The molecule has 3 heteroatoms. The molecule has 0 aliphatic rings. The molecule has 0 aliphatic heterocycles. The lowest BCUT2D eigenvalue weighted by Crippen LogP contribution is -1.96. The molecular formula is C14H20O3. The minimum atomic E-state index is -0.378. The highest BCUT2D eigenvalue weighted by Crippen LogP contribution is 2.11. The molecule has 0 saturated heterocycles. The fraction of sp³-hybridized carbons (Fsp3) is 0.429. The van der Waals surface area contributed by atoms with Crippen molar-refractivity contribution in [3.05, 3.63) is 42.0 Å². The Morgan fingerprint density at radius 2 is 2.00 bits per heavy atom. The summed E-state index contributed by atoms with van der Waals surface area (Å²) in [6, 6.07) is 7.83. The first kappa shape index (κ1) is 13.7. The summed E-state index contributed by atoms with van der Waals surface area (Å²) < 4.78 is 10.6. The average molecular weight is 236 g/mol. The van der Waals surface area contributed by atoms with Gasteiger partial charge in [0.1, 0.15) is 5.75 Å². The summed E-state index contributed by atoms with van der Waals surface area (Å²) in [5.74, 6) is 0.855. The van der Waals surface area contributed by atoms with Crippen LogP contribution in [-0.2, 0) is 11.3 Å². The quantitative estimate of drug-likeness (QED) is 0.584. The van der Waals surface area contributed by atoms with Crippen LogP contribution in [0.25, 0.3) is 0 Å². The highest BCUT2D eigenvalue weighted by molar-refractivity contribution is 5.26. The average Bonchev–Trinajstić information content (AvgIpc) is 2.34. The summed E-state index contributed by atoms with van der Waals surface area (Å²) >= 11 is 0. The van der Waals surface area contributed by atoms with Crippen molar-refractivity contribution in [2.75, 3.05) is 13.7 Å². The molecule has 0 radical (unpaired) electrons. The van der Waals surface area contributed by atoms with E-state index in [4.69, 9.17) is 14.6 Å². The monoisotopic (exact) mass is 236 g/mol. The van der Waals surface area contributed by atoms with E-state index in [-0.39, 0.29) is 6.10 Å². The van der Waals surface area contributed by atoms with Crippen molar-refractivity contribution in [1.29, 1.82) is 0 Å². The second-order valence-corrected chi connectivity index (χ2v) is 3.86. The zero-order valence-corrected chi connectivity index (χ0v) is 10.4. The third-order valence-corrected chi connectivity index (χ3v) is 2.27. The molecule has 0 amide bonds. The maximum Gasteiger partial charge on any atom is 0.118 e. The molecule has 3 nitrogen and oxygen atoms in total. The Morgan fingerprint density at radius 3 is 2.59 bits per heavy atom. The predicted octanol–water partition coefficient (Wildman–Crippen LogP) is 2.54. The summed E-state index contributed by atoms with van der Waals surface area (Å²) in [5.41, 5.74) is 1.13. The van der Waals surface area contributed by atoms with Crippen molar-refractivity contribution in [1.82, 2.24) is 0 Å². The van der Waals surface area contributed by atoms with Crippen LogP contribution < -0.4 is 4.74 Å². The SMILES string of the molecule is COc1ccc(COCC/C=C/C(C)O)cc1. The Hall–Kier alpha value is -1.32. The van der Waals surface area contributed by atoms with E-state index in [0.29, 0.717) is 13.2 Å². The van der Waals surface area contributed by atoms with E-state index >= 15 is 0 Å². The van der Waals surface area contributed by atoms with Crippen LogP contribution in [0.2, 0.25) is 0 Å². The molecule has 0 fully saturated rings. The Balaban J connectivity index is 2.17. The van der Waals surface area contributed by atoms with Gasteiger partial charge in [-0.15, -0.1) is 0 Å². The molecule has 1 aromatic carbocycles. The van der Waals surface area contributed by atoms with Gasteiger partial charge in [-0.05, 0) is 31.0 Å². The van der Waals surface area contributed by atoms with Crippen molar-refractivity contribution in [3.8, 4) is 5.75 Å². The van der Waals surface area contributed by atoms with Crippen molar-refractivity contribution >= 4 is 0 Å². The molecule has 0 spiro atoms. The zero-order valence-electron chi connectivity index (χ0n) is 10.4. The fourth-order valence-corrected chi connectivity index (χ4v) is 1.36. The van der Waals surface area contributed by atoms with Gasteiger partial charge in [0.05, 0.1) is 26.4 Å². The Morgan fingerprint density at radius 1 is 1.29 bits per heavy atom. The number of hydrogen-bond acceptors (Lipinski definition) is 3. The Bertz CT molecular complexity index is 328. The minimum absolute atomic E-state index is 0.378. The van der Waals surface area contributed by atoms with Crippen molar-refractivity contribution in [2.24, 2.45) is 0 Å². The number of aliphatic hydroxyl groups is 1. The standard InChI is InChI=1S/C14H20O3/c1-12(15)5-3-4-10-17-11-13-6-8-14(16-2)9-7-13/h3,5-9,12,15H,4,10-11H2,1-2H3/b5-3+. The molecule has 0 aromatic heterocycles.